The molecule has 4 rings (SSSR count). The van der Waals surface area contributed by atoms with Crippen LogP contribution in [-0.4, -0.2) is 33.2 Å². The van der Waals surface area contributed by atoms with Crippen LogP contribution in [0.5, 0.6) is 0 Å². The molecule has 0 saturated heterocycles. The highest BCUT2D eigenvalue weighted by Crippen LogP contribution is 2.41. The van der Waals surface area contributed by atoms with Crippen molar-refractivity contribution in [2.45, 2.75) is 46.0 Å². The Kier molecular flexibility index (Phi) is 4.56. The topological polar surface area (TPSA) is 70.9 Å². The average Bonchev–Trinajstić information content (AvgIpc) is 3.18. The summed E-state index contributed by atoms with van der Waals surface area (Å²) in [5.74, 6) is 1.47. The number of anilines is 1. The van der Waals surface area contributed by atoms with E-state index in [0.29, 0.717) is 18.9 Å². The smallest absolute Gasteiger partial charge is 0.147 e. The molecule has 1 aliphatic carbocycles. The summed E-state index contributed by atoms with van der Waals surface area (Å²) in [5, 5.41) is 13.6. The number of aryl methyl sites for hydroxylation is 1. The number of hydrogen-bond donors (Lipinski definition) is 2. The lowest BCUT2D eigenvalue weighted by Gasteiger charge is -2.11. The number of aliphatic hydroxyl groups excluding tert-OH is 1. The van der Waals surface area contributed by atoms with Crippen molar-refractivity contribution in [3.05, 3.63) is 23.1 Å². The van der Waals surface area contributed by atoms with Crippen LogP contribution in [0, 0.1) is 5.92 Å². The minimum absolute atomic E-state index is 0.182. The van der Waals surface area contributed by atoms with E-state index in [1.165, 1.54) is 28.6 Å². The van der Waals surface area contributed by atoms with E-state index in [9.17, 15) is 0 Å². The monoisotopic (exact) mass is 356 g/mol. The second kappa shape index (κ2) is 6.84. The van der Waals surface area contributed by atoms with Crippen molar-refractivity contribution in [2.75, 3.05) is 18.5 Å². The van der Waals surface area contributed by atoms with Gasteiger partial charge in [-0.15, -0.1) is 11.3 Å². The van der Waals surface area contributed by atoms with Gasteiger partial charge in [0, 0.05) is 24.2 Å². The summed E-state index contributed by atoms with van der Waals surface area (Å²) in [4.78, 5) is 15.2. The Morgan fingerprint density at radius 1 is 1.24 bits per heavy atom. The Morgan fingerprint density at radius 3 is 2.88 bits per heavy atom. The number of nitrogens with zero attached hydrogens (tertiary/aromatic N) is 3. The van der Waals surface area contributed by atoms with E-state index in [4.69, 9.17) is 10.1 Å². The van der Waals surface area contributed by atoms with Gasteiger partial charge in [0.05, 0.1) is 10.2 Å². The first-order valence-electron chi connectivity index (χ1n) is 9.11. The molecule has 1 aliphatic rings. The lowest BCUT2D eigenvalue weighted by Crippen LogP contribution is -2.05. The molecule has 0 amide bonds. The predicted molar refractivity (Wildman–Crippen MR) is 103 cm³/mol. The van der Waals surface area contributed by atoms with Crippen molar-refractivity contribution in [3.63, 3.8) is 0 Å². The number of thiophene rings is 1. The van der Waals surface area contributed by atoms with Gasteiger partial charge in [0.1, 0.15) is 17.0 Å². The number of hydrogen-bond acceptors (Lipinski definition) is 6. The lowest BCUT2D eigenvalue weighted by atomic mass is 9.99. The van der Waals surface area contributed by atoms with Gasteiger partial charge in [0.25, 0.3) is 0 Å². The van der Waals surface area contributed by atoms with Crippen LogP contribution >= 0.6 is 11.3 Å². The van der Waals surface area contributed by atoms with E-state index in [1.807, 2.05) is 0 Å². The molecule has 6 heteroatoms. The SMILES string of the molecule is CC(C)Cc1nc2sc3c(NCCCO)ncnc3c2c2c1CCC2. The van der Waals surface area contributed by atoms with E-state index in [0.717, 1.165) is 40.1 Å². The van der Waals surface area contributed by atoms with Gasteiger partial charge in [0.15, 0.2) is 0 Å². The summed E-state index contributed by atoms with van der Waals surface area (Å²) in [6.07, 6.45) is 6.87. The van der Waals surface area contributed by atoms with Gasteiger partial charge in [-0.3, -0.25) is 0 Å². The standard InChI is InChI=1S/C19H24N4OS/c1-11(2)9-14-12-5-3-6-13(12)15-16-17(25-19(15)23-14)18(22-10-21-16)20-7-4-8-24/h10-11,24H,3-9H2,1-2H3,(H,20,21,22). The van der Waals surface area contributed by atoms with Gasteiger partial charge in [-0.05, 0) is 49.1 Å². The van der Waals surface area contributed by atoms with Crippen LogP contribution in [0.3, 0.4) is 0 Å². The van der Waals surface area contributed by atoms with Crippen LogP contribution < -0.4 is 5.32 Å². The largest absolute Gasteiger partial charge is 0.396 e. The highest BCUT2D eigenvalue weighted by atomic mass is 32.1. The molecule has 0 bridgehead atoms. The van der Waals surface area contributed by atoms with Crippen LogP contribution in [0.15, 0.2) is 6.33 Å². The third-order valence-electron chi connectivity index (χ3n) is 4.79. The number of aliphatic hydroxyl groups is 1. The van der Waals surface area contributed by atoms with Gasteiger partial charge in [-0.25, -0.2) is 15.0 Å². The second-order valence-electron chi connectivity index (χ2n) is 7.15. The maximum absolute atomic E-state index is 9.00. The molecule has 0 fully saturated rings. The average molecular weight is 356 g/mol. The van der Waals surface area contributed by atoms with E-state index < -0.39 is 0 Å². The predicted octanol–water partition coefficient (Wildman–Crippen LogP) is 3.72. The minimum atomic E-state index is 0.182. The van der Waals surface area contributed by atoms with E-state index >= 15 is 0 Å². The molecule has 0 unspecified atom stereocenters. The maximum atomic E-state index is 9.00. The summed E-state index contributed by atoms with van der Waals surface area (Å²) in [6, 6.07) is 0. The Morgan fingerprint density at radius 2 is 2.08 bits per heavy atom. The first-order chi connectivity index (χ1) is 12.2. The van der Waals surface area contributed by atoms with Gasteiger partial charge in [-0.2, -0.15) is 0 Å². The van der Waals surface area contributed by atoms with Crippen LogP contribution in [0.25, 0.3) is 20.4 Å². The highest BCUT2D eigenvalue weighted by molar-refractivity contribution is 7.26. The maximum Gasteiger partial charge on any atom is 0.147 e. The Bertz CT molecular complexity index is 919. The molecule has 0 atom stereocenters. The molecule has 3 aromatic heterocycles. The van der Waals surface area contributed by atoms with Gasteiger partial charge >= 0.3 is 0 Å². The molecule has 0 aliphatic heterocycles. The minimum Gasteiger partial charge on any atom is -0.396 e. The van der Waals surface area contributed by atoms with Crippen molar-refractivity contribution in [2.24, 2.45) is 5.92 Å². The van der Waals surface area contributed by atoms with Crippen LogP contribution in [-0.2, 0) is 19.3 Å². The van der Waals surface area contributed by atoms with Crippen LogP contribution in [0.2, 0.25) is 0 Å². The highest BCUT2D eigenvalue weighted by Gasteiger charge is 2.24. The normalized spacial score (nSPS) is 13.9. The molecular weight excluding hydrogens is 332 g/mol. The zero-order chi connectivity index (χ0) is 17.4. The molecule has 3 aromatic rings. The summed E-state index contributed by atoms with van der Waals surface area (Å²) < 4.78 is 1.08. The van der Waals surface area contributed by atoms with Gasteiger partial charge < -0.3 is 10.4 Å². The fraction of sp³-hybridized carbons (Fsp3) is 0.526. The molecule has 0 radical (unpaired) electrons. The van der Waals surface area contributed by atoms with Gasteiger partial charge in [-0.1, -0.05) is 13.8 Å². The Hall–Kier alpha value is -1.79. The summed E-state index contributed by atoms with van der Waals surface area (Å²) in [6.45, 7) is 5.40. The van der Waals surface area contributed by atoms with Crippen LogP contribution in [0.4, 0.5) is 5.82 Å². The molecule has 25 heavy (non-hydrogen) atoms. The fourth-order valence-corrected chi connectivity index (χ4v) is 4.89. The number of nitrogens with one attached hydrogen (secondary N) is 1. The zero-order valence-corrected chi connectivity index (χ0v) is 15.6. The third kappa shape index (κ3) is 2.98. The molecule has 0 aromatic carbocycles. The molecule has 3 heterocycles. The van der Waals surface area contributed by atoms with Crippen molar-refractivity contribution < 1.29 is 5.11 Å². The Labute approximate surface area is 151 Å². The number of aromatic nitrogens is 3. The van der Waals surface area contributed by atoms with E-state index in [-0.39, 0.29) is 6.61 Å². The molecule has 5 nitrogen and oxygen atoms in total. The molecule has 132 valence electrons. The molecule has 0 spiro atoms. The Balaban J connectivity index is 1.89. The number of rotatable bonds is 6. The summed E-state index contributed by atoms with van der Waals surface area (Å²) in [7, 11) is 0. The molecule has 2 N–H and O–H groups in total. The van der Waals surface area contributed by atoms with Crippen LogP contribution in [0.1, 0.15) is 43.5 Å². The summed E-state index contributed by atoms with van der Waals surface area (Å²) >= 11 is 1.69. The van der Waals surface area contributed by atoms with Crippen molar-refractivity contribution in [1.29, 1.82) is 0 Å². The third-order valence-corrected chi connectivity index (χ3v) is 5.87. The number of fused-ring (bicyclic) bond motifs is 5. The quantitative estimate of drug-likeness (QED) is 0.659. The summed E-state index contributed by atoms with van der Waals surface area (Å²) in [5.41, 5.74) is 5.24. The second-order valence-corrected chi connectivity index (χ2v) is 8.15. The lowest BCUT2D eigenvalue weighted by molar-refractivity contribution is 0.292. The zero-order valence-electron chi connectivity index (χ0n) is 14.8. The van der Waals surface area contributed by atoms with Gasteiger partial charge in [0.2, 0.25) is 0 Å². The van der Waals surface area contributed by atoms with Crippen molar-refractivity contribution in [3.8, 4) is 0 Å². The van der Waals surface area contributed by atoms with Crippen molar-refractivity contribution in [1.82, 2.24) is 15.0 Å². The first-order valence-corrected chi connectivity index (χ1v) is 9.93. The molecular formula is C19H24N4OS. The first kappa shape index (κ1) is 16.7. The fourth-order valence-electron chi connectivity index (χ4n) is 3.74. The van der Waals surface area contributed by atoms with E-state index in [2.05, 4.69) is 29.1 Å². The number of pyridine rings is 1. The van der Waals surface area contributed by atoms with Crippen molar-refractivity contribution >= 4 is 37.6 Å². The molecule has 0 saturated carbocycles. The van der Waals surface area contributed by atoms with E-state index in [1.54, 1.807) is 17.7 Å².